The summed E-state index contributed by atoms with van der Waals surface area (Å²) in [7, 11) is 1.79. The fraction of sp³-hybridized carbons (Fsp3) is 0.133. The van der Waals surface area contributed by atoms with Gasteiger partial charge in [-0.05, 0) is 6.07 Å². The van der Waals surface area contributed by atoms with E-state index in [1.807, 2.05) is 0 Å². The number of nitrogens with zero attached hydrogens (tertiary/aromatic N) is 4. The number of aromatic nitrogens is 4. The Morgan fingerprint density at radius 3 is 2.83 bits per heavy atom. The molecule has 0 atom stereocenters. The summed E-state index contributed by atoms with van der Waals surface area (Å²) < 4.78 is 28.5. The average molecular weight is 351 g/mol. The molecule has 124 valence electrons. The highest BCUT2D eigenvalue weighted by molar-refractivity contribution is 6.32. The van der Waals surface area contributed by atoms with E-state index in [2.05, 4.69) is 25.7 Å². The fourth-order valence-electron chi connectivity index (χ4n) is 2.03. The molecule has 0 spiro atoms. The van der Waals surface area contributed by atoms with Crippen molar-refractivity contribution < 1.29 is 8.78 Å². The summed E-state index contributed by atoms with van der Waals surface area (Å²) in [5, 5.41) is 10.1. The van der Waals surface area contributed by atoms with Gasteiger partial charge in [0.25, 0.3) is 0 Å². The zero-order valence-electron chi connectivity index (χ0n) is 12.6. The Morgan fingerprint density at radius 1 is 1.25 bits per heavy atom. The number of nitrogens with one attached hydrogen (secondary N) is 2. The van der Waals surface area contributed by atoms with Crippen LogP contribution in [0.5, 0.6) is 0 Å². The molecule has 0 aliphatic carbocycles. The quantitative estimate of drug-likeness (QED) is 0.737. The van der Waals surface area contributed by atoms with Gasteiger partial charge in [0.1, 0.15) is 5.02 Å². The van der Waals surface area contributed by atoms with Crippen molar-refractivity contribution >= 4 is 29.1 Å². The lowest BCUT2D eigenvalue weighted by Crippen LogP contribution is -2.07. The highest BCUT2D eigenvalue weighted by Crippen LogP contribution is 2.22. The van der Waals surface area contributed by atoms with Crippen LogP contribution in [0.15, 0.2) is 36.8 Å². The lowest BCUT2D eigenvalue weighted by atomic mass is 10.2. The number of halogens is 3. The second-order valence-electron chi connectivity index (χ2n) is 4.98. The van der Waals surface area contributed by atoms with Crippen molar-refractivity contribution in [2.24, 2.45) is 7.05 Å². The minimum Gasteiger partial charge on any atom is -0.364 e. The van der Waals surface area contributed by atoms with Gasteiger partial charge in [-0.25, -0.2) is 13.8 Å². The third kappa shape index (κ3) is 3.60. The Labute approximate surface area is 141 Å². The van der Waals surface area contributed by atoms with Gasteiger partial charge >= 0.3 is 0 Å². The predicted molar refractivity (Wildman–Crippen MR) is 87.2 cm³/mol. The van der Waals surface area contributed by atoms with Crippen LogP contribution < -0.4 is 10.6 Å². The van der Waals surface area contributed by atoms with E-state index >= 15 is 0 Å². The highest BCUT2D eigenvalue weighted by Gasteiger charge is 2.10. The maximum Gasteiger partial charge on any atom is 0.229 e. The van der Waals surface area contributed by atoms with E-state index in [0.29, 0.717) is 17.5 Å². The number of hydrogen-bond acceptors (Lipinski definition) is 5. The molecule has 0 saturated carbocycles. The van der Waals surface area contributed by atoms with E-state index in [1.165, 1.54) is 18.3 Å². The summed E-state index contributed by atoms with van der Waals surface area (Å²) in [4.78, 5) is 8.29. The largest absolute Gasteiger partial charge is 0.364 e. The number of anilines is 3. The Morgan fingerprint density at radius 2 is 2.08 bits per heavy atom. The van der Waals surface area contributed by atoms with E-state index in [1.54, 1.807) is 24.1 Å². The SMILES string of the molecule is Cn1cc(Nc2ncc(Cl)c(NCc3cccc(F)c3F)n2)cn1. The van der Waals surface area contributed by atoms with Gasteiger partial charge in [0, 0.05) is 25.4 Å². The van der Waals surface area contributed by atoms with E-state index < -0.39 is 11.6 Å². The van der Waals surface area contributed by atoms with Gasteiger partial charge in [-0.1, -0.05) is 23.7 Å². The average Bonchev–Trinajstić information content (AvgIpc) is 2.96. The first-order chi connectivity index (χ1) is 11.5. The number of aryl methyl sites for hydroxylation is 1. The maximum atomic E-state index is 13.7. The summed E-state index contributed by atoms with van der Waals surface area (Å²) in [5.41, 5.74) is 0.883. The molecule has 0 aliphatic heterocycles. The minimum absolute atomic E-state index is 0.0344. The van der Waals surface area contributed by atoms with Crippen LogP contribution in [0, 0.1) is 11.6 Å². The molecule has 6 nitrogen and oxygen atoms in total. The molecule has 0 aliphatic rings. The molecular weight excluding hydrogens is 338 g/mol. The molecule has 0 unspecified atom stereocenters. The monoisotopic (exact) mass is 350 g/mol. The maximum absolute atomic E-state index is 13.7. The van der Waals surface area contributed by atoms with Crippen LogP contribution in [-0.2, 0) is 13.6 Å². The van der Waals surface area contributed by atoms with Crippen molar-refractivity contribution in [3.63, 3.8) is 0 Å². The van der Waals surface area contributed by atoms with Crippen LogP contribution >= 0.6 is 11.6 Å². The summed E-state index contributed by atoms with van der Waals surface area (Å²) in [5.74, 6) is -1.19. The van der Waals surface area contributed by atoms with Crippen molar-refractivity contribution in [1.82, 2.24) is 19.7 Å². The van der Waals surface area contributed by atoms with Gasteiger partial charge in [0.05, 0.1) is 18.1 Å². The van der Waals surface area contributed by atoms with Crippen molar-refractivity contribution in [3.8, 4) is 0 Å². The fourth-order valence-corrected chi connectivity index (χ4v) is 2.19. The second kappa shape index (κ2) is 6.79. The lowest BCUT2D eigenvalue weighted by molar-refractivity contribution is 0.500. The Balaban J connectivity index is 1.75. The summed E-state index contributed by atoms with van der Waals surface area (Å²) in [6.07, 6.45) is 4.79. The molecule has 1 aromatic carbocycles. The van der Waals surface area contributed by atoms with E-state index in [-0.39, 0.29) is 17.1 Å². The second-order valence-corrected chi connectivity index (χ2v) is 5.39. The third-order valence-corrected chi connectivity index (χ3v) is 3.46. The Hall–Kier alpha value is -2.74. The highest BCUT2D eigenvalue weighted by atomic mass is 35.5. The zero-order valence-corrected chi connectivity index (χ0v) is 13.3. The Kier molecular flexibility index (Phi) is 4.57. The van der Waals surface area contributed by atoms with Crippen LogP contribution in [0.4, 0.5) is 26.2 Å². The first-order valence-electron chi connectivity index (χ1n) is 6.98. The van der Waals surface area contributed by atoms with Gasteiger partial charge in [0.15, 0.2) is 17.5 Å². The molecule has 3 rings (SSSR count). The number of hydrogen-bond donors (Lipinski definition) is 2. The van der Waals surface area contributed by atoms with E-state index in [4.69, 9.17) is 11.6 Å². The standard InChI is InChI=1S/C15H13ClF2N6/c1-24-8-10(6-21-24)22-15-20-7-11(16)14(23-15)19-5-9-3-2-4-12(17)13(9)18/h2-4,6-8H,5H2,1H3,(H2,19,20,22,23). The third-order valence-electron chi connectivity index (χ3n) is 3.18. The molecule has 2 N–H and O–H groups in total. The molecule has 3 aromatic rings. The molecule has 0 bridgehead atoms. The summed E-state index contributed by atoms with van der Waals surface area (Å²) in [6.45, 7) is 0.0344. The first kappa shape index (κ1) is 16.1. The van der Waals surface area contributed by atoms with Crippen molar-refractivity contribution in [1.29, 1.82) is 0 Å². The van der Waals surface area contributed by atoms with Crippen molar-refractivity contribution in [2.75, 3.05) is 10.6 Å². The Bertz CT molecular complexity index is 867. The lowest BCUT2D eigenvalue weighted by Gasteiger charge is -2.10. The number of rotatable bonds is 5. The van der Waals surface area contributed by atoms with Gasteiger partial charge in [-0.15, -0.1) is 0 Å². The van der Waals surface area contributed by atoms with E-state index in [0.717, 1.165) is 6.07 Å². The molecule has 0 radical (unpaired) electrons. The molecule has 2 heterocycles. The minimum atomic E-state index is -0.901. The van der Waals surface area contributed by atoms with Gasteiger partial charge in [0.2, 0.25) is 5.95 Å². The molecule has 0 saturated heterocycles. The summed E-state index contributed by atoms with van der Waals surface area (Å²) >= 11 is 6.04. The van der Waals surface area contributed by atoms with Gasteiger partial charge in [-0.2, -0.15) is 10.1 Å². The van der Waals surface area contributed by atoms with Crippen LogP contribution in [0.25, 0.3) is 0 Å². The molecule has 24 heavy (non-hydrogen) atoms. The molecular formula is C15H13ClF2N6. The van der Waals surface area contributed by atoms with E-state index in [9.17, 15) is 8.78 Å². The molecule has 2 aromatic heterocycles. The predicted octanol–water partition coefficient (Wildman–Crippen LogP) is 3.50. The van der Waals surface area contributed by atoms with Crippen LogP contribution in [0.2, 0.25) is 5.02 Å². The normalized spacial score (nSPS) is 10.7. The van der Waals surface area contributed by atoms with Gasteiger partial charge in [-0.3, -0.25) is 4.68 Å². The molecule has 9 heteroatoms. The van der Waals surface area contributed by atoms with Crippen LogP contribution in [0.3, 0.4) is 0 Å². The van der Waals surface area contributed by atoms with Gasteiger partial charge < -0.3 is 10.6 Å². The molecule has 0 fully saturated rings. The smallest absolute Gasteiger partial charge is 0.229 e. The van der Waals surface area contributed by atoms with Crippen molar-refractivity contribution in [2.45, 2.75) is 6.54 Å². The van der Waals surface area contributed by atoms with Crippen molar-refractivity contribution in [3.05, 3.63) is 59.0 Å². The topological polar surface area (TPSA) is 67.7 Å². The first-order valence-corrected chi connectivity index (χ1v) is 7.35. The van der Waals surface area contributed by atoms with Crippen LogP contribution in [0.1, 0.15) is 5.56 Å². The summed E-state index contributed by atoms with van der Waals surface area (Å²) in [6, 6.07) is 3.98. The molecule has 0 amide bonds. The van der Waals surface area contributed by atoms with Crippen LogP contribution in [-0.4, -0.2) is 19.7 Å². The zero-order chi connectivity index (χ0) is 17.1. The number of benzene rings is 1.